The van der Waals surface area contributed by atoms with E-state index in [1.54, 1.807) is 11.8 Å². The summed E-state index contributed by atoms with van der Waals surface area (Å²) in [6.45, 7) is 2.52. The largest absolute Gasteiger partial charge is 0.337 e. The van der Waals surface area contributed by atoms with Gasteiger partial charge in [-0.15, -0.1) is 0 Å². The van der Waals surface area contributed by atoms with E-state index in [1.807, 2.05) is 0 Å². The van der Waals surface area contributed by atoms with Crippen LogP contribution in [0.1, 0.15) is 23.7 Å². The molecular weight excluding hydrogens is 257 g/mol. The number of amides is 1. The Morgan fingerprint density at radius 3 is 2.89 bits per heavy atom. The number of rotatable bonds is 1. The molecule has 1 saturated heterocycles. The molecule has 1 aliphatic rings. The van der Waals surface area contributed by atoms with Crippen molar-refractivity contribution >= 4 is 23.3 Å². The van der Waals surface area contributed by atoms with E-state index >= 15 is 0 Å². The monoisotopic (exact) mass is 269 g/mol. The third-order valence-electron chi connectivity index (χ3n) is 3.14. The lowest BCUT2D eigenvalue weighted by Crippen LogP contribution is -2.43. The van der Waals surface area contributed by atoms with Crippen molar-refractivity contribution < 1.29 is 14.0 Å². The Balaban J connectivity index is 2.22. The van der Waals surface area contributed by atoms with E-state index in [0.717, 1.165) is 0 Å². The summed E-state index contributed by atoms with van der Waals surface area (Å²) >= 11 is 5.78. The van der Waals surface area contributed by atoms with Gasteiger partial charge < -0.3 is 4.90 Å². The highest BCUT2D eigenvalue weighted by Gasteiger charge is 2.28. The lowest BCUT2D eigenvalue weighted by atomic mass is 9.98. The molecular formula is C13H13ClFNO2. The van der Waals surface area contributed by atoms with Crippen molar-refractivity contribution in [1.29, 1.82) is 0 Å². The molecule has 0 bridgehead atoms. The van der Waals surface area contributed by atoms with E-state index in [4.69, 9.17) is 11.6 Å². The second-order valence-electron chi connectivity index (χ2n) is 4.47. The Hall–Kier alpha value is -1.42. The van der Waals surface area contributed by atoms with Crippen molar-refractivity contribution in [3.05, 3.63) is 34.6 Å². The number of halogens is 2. The third kappa shape index (κ3) is 2.38. The zero-order valence-corrected chi connectivity index (χ0v) is 10.7. The van der Waals surface area contributed by atoms with Crippen LogP contribution in [-0.4, -0.2) is 29.7 Å². The van der Waals surface area contributed by atoms with Gasteiger partial charge >= 0.3 is 0 Å². The average molecular weight is 270 g/mol. The van der Waals surface area contributed by atoms with Crippen LogP contribution in [0.3, 0.4) is 0 Å². The summed E-state index contributed by atoms with van der Waals surface area (Å²) in [5.41, 5.74) is 0.151. The van der Waals surface area contributed by atoms with Gasteiger partial charge in [0.1, 0.15) is 11.6 Å². The van der Waals surface area contributed by atoms with Crippen LogP contribution in [0.4, 0.5) is 4.39 Å². The third-order valence-corrected chi connectivity index (χ3v) is 3.53. The van der Waals surface area contributed by atoms with Crippen molar-refractivity contribution in [1.82, 2.24) is 4.90 Å². The van der Waals surface area contributed by atoms with Gasteiger partial charge in [0.2, 0.25) is 0 Å². The fourth-order valence-corrected chi connectivity index (χ4v) is 2.25. The molecule has 18 heavy (non-hydrogen) atoms. The SMILES string of the molecule is CC1CN(C(=O)c2cccc(F)c2Cl)CCC1=O. The Kier molecular flexibility index (Phi) is 3.66. The molecule has 1 fully saturated rings. The first kappa shape index (κ1) is 13.0. The number of Topliss-reactive ketones (excluding diaryl/α,β-unsaturated/α-hetero) is 1. The second-order valence-corrected chi connectivity index (χ2v) is 4.85. The van der Waals surface area contributed by atoms with Gasteiger partial charge in [0.15, 0.2) is 0 Å². The van der Waals surface area contributed by atoms with Gasteiger partial charge in [0.25, 0.3) is 5.91 Å². The summed E-state index contributed by atoms with van der Waals surface area (Å²) in [5, 5.41) is -0.160. The molecule has 96 valence electrons. The van der Waals surface area contributed by atoms with Crippen molar-refractivity contribution in [2.24, 2.45) is 5.92 Å². The maximum Gasteiger partial charge on any atom is 0.255 e. The molecule has 0 radical (unpaired) electrons. The van der Waals surface area contributed by atoms with E-state index in [9.17, 15) is 14.0 Å². The molecule has 1 aromatic rings. The maximum atomic E-state index is 13.3. The predicted octanol–water partition coefficient (Wildman–Crippen LogP) is 2.53. The minimum Gasteiger partial charge on any atom is -0.337 e. The maximum absolute atomic E-state index is 13.3. The normalized spacial score (nSPS) is 20.1. The topological polar surface area (TPSA) is 37.4 Å². The minimum atomic E-state index is -0.608. The number of piperidine rings is 1. The summed E-state index contributed by atoms with van der Waals surface area (Å²) in [6, 6.07) is 4.16. The number of carbonyl (C=O) groups excluding carboxylic acids is 2. The van der Waals surface area contributed by atoms with E-state index in [1.165, 1.54) is 18.2 Å². The summed E-state index contributed by atoms with van der Waals surface area (Å²) in [4.78, 5) is 25.1. The number of nitrogens with zero attached hydrogens (tertiary/aromatic N) is 1. The number of carbonyl (C=O) groups is 2. The molecule has 0 N–H and O–H groups in total. The quantitative estimate of drug-likeness (QED) is 0.786. The Labute approximate surface area is 110 Å². The second kappa shape index (κ2) is 5.06. The van der Waals surface area contributed by atoms with E-state index < -0.39 is 5.82 Å². The molecule has 5 heteroatoms. The number of hydrogen-bond acceptors (Lipinski definition) is 2. The van der Waals surface area contributed by atoms with Crippen LogP contribution >= 0.6 is 11.6 Å². The van der Waals surface area contributed by atoms with Crippen LogP contribution in [0, 0.1) is 11.7 Å². The fourth-order valence-electron chi connectivity index (χ4n) is 2.04. The van der Waals surface area contributed by atoms with Crippen molar-refractivity contribution in [3.63, 3.8) is 0 Å². The standard InChI is InChI=1S/C13H13ClFNO2/c1-8-7-16(6-5-11(8)17)13(18)9-3-2-4-10(15)12(9)14/h2-4,8H,5-7H2,1H3. The van der Waals surface area contributed by atoms with Gasteiger partial charge in [-0.3, -0.25) is 9.59 Å². The molecule has 1 unspecified atom stereocenters. The van der Waals surface area contributed by atoms with Crippen LogP contribution in [0.5, 0.6) is 0 Å². The van der Waals surface area contributed by atoms with Crippen molar-refractivity contribution in [3.8, 4) is 0 Å². The highest BCUT2D eigenvalue weighted by atomic mass is 35.5. The summed E-state index contributed by atoms with van der Waals surface area (Å²) < 4.78 is 13.3. The summed E-state index contributed by atoms with van der Waals surface area (Å²) in [5.74, 6) is -0.943. The molecule has 1 amide bonds. The smallest absolute Gasteiger partial charge is 0.255 e. The van der Waals surface area contributed by atoms with Crippen LogP contribution in [0.15, 0.2) is 18.2 Å². The molecule has 2 rings (SSSR count). The number of likely N-dealkylation sites (tertiary alicyclic amines) is 1. The highest BCUT2D eigenvalue weighted by Crippen LogP contribution is 2.23. The molecule has 0 aliphatic carbocycles. The molecule has 1 heterocycles. The molecule has 0 saturated carbocycles. The van der Waals surface area contributed by atoms with Gasteiger partial charge in [0.05, 0.1) is 10.6 Å². The summed E-state index contributed by atoms with van der Waals surface area (Å²) in [7, 11) is 0. The zero-order chi connectivity index (χ0) is 13.3. The number of ketones is 1. The lowest BCUT2D eigenvalue weighted by Gasteiger charge is -2.30. The van der Waals surface area contributed by atoms with Gasteiger partial charge in [-0.05, 0) is 12.1 Å². The highest BCUT2D eigenvalue weighted by molar-refractivity contribution is 6.34. The molecule has 3 nitrogen and oxygen atoms in total. The first-order valence-electron chi connectivity index (χ1n) is 5.76. The average Bonchev–Trinajstić information content (AvgIpc) is 2.35. The lowest BCUT2D eigenvalue weighted by molar-refractivity contribution is -0.124. The van der Waals surface area contributed by atoms with Crippen LogP contribution in [-0.2, 0) is 4.79 Å². The van der Waals surface area contributed by atoms with Crippen molar-refractivity contribution in [2.45, 2.75) is 13.3 Å². The predicted molar refractivity (Wildman–Crippen MR) is 66.1 cm³/mol. The Bertz CT molecular complexity index is 504. The molecule has 1 aliphatic heterocycles. The van der Waals surface area contributed by atoms with Crippen LogP contribution < -0.4 is 0 Å². The van der Waals surface area contributed by atoms with E-state index in [2.05, 4.69) is 0 Å². The molecule has 0 aromatic heterocycles. The van der Waals surface area contributed by atoms with Crippen molar-refractivity contribution in [2.75, 3.05) is 13.1 Å². The van der Waals surface area contributed by atoms with Crippen LogP contribution in [0.2, 0.25) is 5.02 Å². The zero-order valence-electron chi connectivity index (χ0n) is 9.95. The van der Waals surface area contributed by atoms with Crippen LogP contribution in [0.25, 0.3) is 0 Å². The Morgan fingerprint density at radius 2 is 2.22 bits per heavy atom. The fraction of sp³-hybridized carbons (Fsp3) is 0.385. The number of hydrogen-bond donors (Lipinski definition) is 0. The van der Waals surface area contributed by atoms with Gasteiger partial charge in [0, 0.05) is 25.4 Å². The van der Waals surface area contributed by atoms with Gasteiger partial charge in [-0.1, -0.05) is 24.6 Å². The van der Waals surface area contributed by atoms with E-state index in [-0.39, 0.29) is 28.2 Å². The van der Waals surface area contributed by atoms with Gasteiger partial charge in [-0.2, -0.15) is 0 Å². The van der Waals surface area contributed by atoms with Gasteiger partial charge in [-0.25, -0.2) is 4.39 Å². The Morgan fingerprint density at radius 1 is 1.50 bits per heavy atom. The number of benzene rings is 1. The molecule has 0 spiro atoms. The molecule has 1 aromatic carbocycles. The summed E-state index contributed by atoms with van der Waals surface area (Å²) in [6.07, 6.45) is 0.347. The minimum absolute atomic E-state index is 0.151. The first-order valence-corrected chi connectivity index (χ1v) is 6.14. The first-order chi connectivity index (χ1) is 8.50. The molecule has 1 atom stereocenters. The van der Waals surface area contributed by atoms with E-state index in [0.29, 0.717) is 19.5 Å².